The highest BCUT2D eigenvalue weighted by Crippen LogP contribution is 2.44. The van der Waals surface area contributed by atoms with Crippen LogP contribution in [0.5, 0.6) is 0 Å². The molecule has 0 N–H and O–H groups in total. The van der Waals surface area contributed by atoms with Crippen LogP contribution >= 0.6 is 0 Å². The molecule has 0 radical (unpaired) electrons. The second-order valence-electron chi connectivity index (χ2n) is 13.0. The minimum absolute atomic E-state index is 0.874. The Kier molecular flexibility index (Phi) is 4.66. The summed E-state index contributed by atoms with van der Waals surface area (Å²) in [5, 5.41) is 8.10. The maximum atomic E-state index is 6.40. The molecule has 0 bridgehead atoms. The van der Waals surface area contributed by atoms with E-state index in [1.54, 1.807) is 0 Å². The van der Waals surface area contributed by atoms with Crippen LogP contribution in [0.25, 0.3) is 110 Å². The Hall–Kier alpha value is -6.72. The zero-order chi connectivity index (χ0) is 31.8. The largest absolute Gasteiger partial charge is 0.456 e. The maximum Gasteiger partial charge on any atom is 0.165 e. The molecule has 5 heteroatoms. The lowest BCUT2D eigenvalue weighted by molar-refractivity contribution is 0.669. The van der Waals surface area contributed by atoms with E-state index in [1.807, 2.05) is 36.4 Å². The SMILES string of the molecule is c1ccc(-n2c3ccccc3c3cc(-c4cc5c6cc7oc8ccccc8c7cc6n6c7nc8ccccc8nc7c(c4)c56)ccc32)cc1. The van der Waals surface area contributed by atoms with E-state index in [9.17, 15) is 0 Å². The fraction of sp³-hybridized carbons (Fsp3) is 0. The summed E-state index contributed by atoms with van der Waals surface area (Å²) in [6.45, 7) is 0. The van der Waals surface area contributed by atoms with Gasteiger partial charge < -0.3 is 8.98 Å². The molecule has 226 valence electrons. The molecule has 0 aliphatic rings. The van der Waals surface area contributed by atoms with Crippen LogP contribution < -0.4 is 0 Å². The van der Waals surface area contributed by atoms with Gasteiger partial charge in [0.15, 0.2) is 5.65 Å². The molecule has 12 aromatic rings. The lowest BCUT2D eigenvalue weighted by Crippen LogP contribution is -1.92. The zero-order valence-corrected chi connectivity index (χ0v) is 26.1. The molecule has 7 aromatic carbocycles. The molecular weight excluding hydrogens is 601 g/mol. The molecule has 0 atom stereocenters. The van der Waals surface area contributed by atoms with Crippen LogP contribution in [0.4, 0.5) is 0 Å². The van der Waals surface area contributed by atoms with E-state index < -0.39 is 0 Å². The third kappa shape index (κ3) is 3.28. The molecule has 0 aliphatic heterocycles. The smallest absolute Gasteiger partial charge is 0.165 e. The number of nitrogens with zero attached hydrogens (tertiary/aromatic N) is 4. The number of benzene rings is 7. The topological polar surface area (TPSA) is 48.3 Å². The third-order valence-corrected chi connectivity index (χ3v) is 10.4. The summed E-state index contributed by atoms with van der Waals surface area (Å²) >= 11 is 0. The third-order valence-electron chi connectivity index (χ3n) is 10.4. The first-order chi connectivity index (χ1) is 24.3. The van der Waals surface area contributed by atoms with Crippen molar-refractivity contribution in [2.24, 2.45) is 0 Å². The Morgan fingerprint density at radius 3 is 2.02 bits per heavy atom. The summed E-state index contributed by atoms with van der Waals surface area (Å²) in [5.74, 6) is 0. The Morgan fingerprint density at radius 2 is 1.12 bits per heavy atom. The average Bonchev–Trinajstić information content (AvgIpc) is 3.88. The van der Waals surface area contributed by atoms with Gasteiger partial charge in [-0.1, -0.05) is 72.8 Å². The van der Waals surface area contributed by atoms with Gasteiger partial charge in [0.25, 0.3) is 0 Å². The molecule has 5 aromatic heterocycles. The van der Waals surface area contributed by atoms with Crippen molar-refractivity contribution in [2.75, 3.05) is 0 Å². The molecule has 0 amide bonds. The highest BCUT2D eigenvalue weighted by molar-refractivity contribution is 6.26. The van der Waals surface area contributed by atoms with Crippen LogP contribution in [-0.2, 0) is 0 Å². The standard InChI is InChI=1S/C44H24N4O/c1-2-10-27(11-3-1)47-37-16-8-4-12-28(37)30-20-25(18-19-38(30)47)26-21-33-31-24-41-32(29-13-5-9-17-40(29)49-41)23-39(31)48-43(33)34(22-26)42-44(48)46-36-15-7-6-14-35(36)45-42/h1-24H. The molecule has 0 fully saturated rings. The van der Waals surface area contributed by atoms with E-state index in [2.05, 4.69) is 118 Å². The first kappa shape index (κ1) is 25.4. The Bertz CT molecular complexity index is 3330. The predicted molar refractivity (Wildman–Crippen MR) is 201 cm³/mol. The zero-order valence-electron chi connectivity index (χ0n) is 26.1. The van der Waals surface area contributed by atoms with E-state index >= 15 is 0 Å². The van der Waals surface area contributed by atoms with Crippen molar-refractivity contribution in [3.05, 3.63) is 146 Å². The van der Waals surface area contributed by atoms with E-state index in [0.29, 0.717) is 0 Å². The summed E-state index contributed by atoms with van der Waals surface area (Å²) in [4.78, 5) is 10.5. The van der Waals surface area contributed by atoms with Crippen LogP contribution in [0.1, 0.15) is 0 Å². The number of hydrogen-bond donors (Lipinski definition) is 0. The second-order valence-corrected chi connectivity index (χ2v) is 13.0. The lowest BCUT2D eigenvalue weighted by Gasteiger charge is -2.08. The van der Waals surface area contributed by atoms with E-state index in [4.69, 9.17) is 14.4 Å². The molecule has 0 aliphatic carbocycles. The molecule has 0 spiro atoms. The molecule has 0 saturated heterocycles. The van der Waals surface area contributed by atoms with Gasteiger partial charge in [0.05, 0.1) is 33.1 Å². The fourth-order valence-corrected chi connectivity index (χ4v) is 8.26. The molecule has 12 rings (SSSR count). The number of fused-ring (bicyclic) bond motifs is 13. The number of furan rings is 1. The monoisotopic (exact) mass is 624 g/mol. The van der Waals surface area contributed by atoms with Crippen LogP contribution in [0, 0.1) is 0 Å². The minimum atomic E-state index is 0.874. The Morgan fingerprint density at radius 1 is 0.429 bits per heavy atom. The quantitative estimate of drug-likeness (QED) is 0.192. The van der Waals surface area contributed by atoms with Crippen molar-refractivity contribution in [1.82, 2.24) is 18.9 Å². The number of para-hydroxylation sites is 5. The van der Waals surface area contributed by atoms with Crippen molar-refractivity contribution < 1.29 is 4.42 Å². The van der Waals surface area contributed by atoms with E-state index in [0.717, 1.165) is 82.8 Å². The van der Waals surface area contributed by atoms with Gasteiger partial charge in [0.1, 0.15) is 16.7 Å². The average molecular weight is 625 g/mol. The summed E-state index contributed by atoms with van der Waals surface area (Å²) in [6, 6.07) is 51.7. The molecule has 0 saturated carbocycles. The van der Waals surface area contributed by atoms with Crippen molar-refractivity contribution in [2.45, 2.75) is 0 Å². The molecule has 49 heavy (non-hydrogen) atoms. The molecule has 5 nitrogen and oxygen atoms in total. The summed E-state index contributed by atoms with van der Waals surface area (Å²) in [5.41, 5.74) is 13.5. The summed E-state index contributed by atoms with van der Waals surface area (Å²) in [7, 11) is 0. The normalized spacial score (nSPS) is 12.5. The maximum absolute atomic E-state index is 6.40. The van der Waals surface area contributed by atoms with E-state index in [1.165, 1.54) is 27.2 Å². The highest BCUT2D eigenvalue weighted by Gasteiger charge is 2.23. The fourth-order valence-electron chi connectivity index (χ4n) is 8.26. The summed E-state index contributed by atoms with van der Waals surface area (Å²) < 4.78 is 11.1. The van der Waals surface area contributed by atoms with Crippen molar-refractivity contribution in [1.29, 1.82) is 0 Å². The second kappa shape index (κ2) is 9.00. The number of rotatable bonds is 2. The van der Waals surface area contributed by atoms with Crippen LogP contribution in [-0.4, -0.2) is 18.9 Å². The Balaban J connectivity index is 1.21. The van der Waals surface area contributed by atoms with Gasteiger partial charge >= 0.3 is 0 Å². The molecule has 5 heterocycles. The van der Waals surface area contributed by atoms with Gasteiger partial charge in [-0.15, -0.1) is 0 Å². The van der Waals surface area contributed by atoms with Gasteiger partial charge in [-0.05, 0) is 83.9 Å². The van der Waals surface area contributed by atoms with Crippen LogP contribution in [0.15, 0.2) is 150 Å². The van der Waals surface area contributed by atoms with E-state index in [-0.39, 0.29) is 0 Å². The van der Waals surface area contributed by atoms with Crippen LogP contribution in [0.2, 0.25) is 0 Å². The number of hydrogen-bond acceptors (Lipinski definition) is 3. The first-order valence-electron chi connectivity index (χ1n) is 16.6. The predicted octanol–water partition coefficient (Wildman–Crippen LogP) is 11.4. The minimum Gasteiger partial charge on any atom is -0.456 e. The highest BCUT2D eigenvalue weighted by atomic mass is 16.3. The molecular formula is C44H24N4O. The van der Waals surface area contributed by atoms with Gasteiger partial charge in [-0.3, -0.25) is 4.40 Å². The van der Waals surface area contributed by atoms with Crippen molar-refractivity contribution in [3.8, 4) is 16.8 Å². The van der Waals surface area contributed by atoms with Gasteiger partial charge in [-0.2, -0.15) is 0 Å². The Labute approximate surface area is 278 Å². The number of aromatic nitrogens is 4. The first-order valence-corrected chi connectivity index (χ1v) is 16.6. The van der Waals surface area contributed by atoms with Gasteiger partial charge in [-0.25, -0.2) is 9.97 Å². The van der Waals surface area contributed by atoms with Crippen LogP contribution in [0.3, 0.4) is 0 Å². The van der Waals surface area contributed by atoms with Gasteiger partial charge in [0.2, 0.25) is 0 Å². The summed E-state index contributed by atoms with van der Waals surface area (Å²) in [6.07, 6.45) is 0. The van der Waals surface area contributed by atoms with Gasteiger partial charge in [0, 0.05) is 43.4 Å². The lowest BCUT2D eigenvalue weighted by atomic mass is 9.98. The van der Waals surface area contributed by atoms with Crippen molar-refractivity contribution in [3.63, 3.8) is 0 Å². The van der Waals surface area contributed by atoms with Crippen molar-refractivity contribution >= 4 is 93.1 Å². The molecule has 0 unspecified atom stereocenters.